The number of aryl methyl sites for hydroxylation is 2. The normalized spacial score (nSPS) is 13.2. The highest BCUT2D eigenvalue weighted by molar-refractivity contribution is 7.17. The zero-order chi connectivity index (χ0) is 20.5. The fourth-order valence-electron chi connectivity index (χ4n) is 3.97. The van der Waals surface area contributed by atoms with Crippen LogP contribution >= 0.6 is 11.3 Å². The highest BCUT2D eigenvalue weighted by Crippen LogP contribution is 2.33. The summed E-state index contributed by atoms with van der Waals surface area (Å²) in [5.41, 5.74) is 4.50. The number of benzene rings is 1. The van der Waals surface area contributed by atoms with E-state index < -0.39 is 0 Å². The average molecular weight is 417 g/mol. The first-order valence-corrected chi connectivity index (χ1v) is 10.9. The molecule has 1 amide bonds. The average Bonchev–Trinajstić information content (AvgIpc) is 3.21. The maximum atomic E-state index is 13.2. The second kappa shape index (κ2) is 7.84. The highest BCUT2D eigenvalue weighted by atomic mass is 32.1. The minimum atomic E-state index is -0.317. The van der Waals surface area contributed by atoms with Crippen LogP contribution in [0.4, 0.5) is 5.82 Å². The quantitative estimate of drug-likeness (QED) is 0.545. The van der Waals surface area contributed by atoms with Crippen LogP contribution in [0.1, 0.15) is 24.0 Å². The van der Waals surface area contributed by atoms with Gasteiger partial charge in [0.15, 0.2) is 0 Å². The molecule has 6 nitrogen and oxygen atoms in total. The molecular weight excluding hydrogens is 396 g/mol. The summed E-state index contributed by atoms with van der Waals surface area (Å²) >= 11 is 1.46. The SMILES string of the molecule is O=C(Cn1cnc2scc(-c3ccc4c(c3)CCCC4)c2c1=O)Nc1ccccn1. The number of nitrogens with one attached hydrogen (secondary N) is 1. The Morgan fingerprint density at radius 2 is 1.97 bits per heavy atom. The first kappa shape index (κ1) is 18.7. The first-order valence-electron chi connectivity index (χ1n) is 9.99. The van der Waals surface area contributed by atoms with Crippen LogP contribution in [0.25, 0.3) is 21.3 Å². The molecule has 1 aromatic carbocycles. The van der Waals surface area contributed by atoms with Gasteiger partial charge >= 0.3 is 0 Å². The van der Waals surface area contributed by atoms with Crippen molar-refractivity contribution in [2.45, 2.75) is 32.2 Å². The van der Waals surface area contributed by atoms with Crippen LogP contribution in [0.5, 0.6) is 0 Å². The molecular formula is C23H20N4O2S. The number of thiophene rings is 1. The molecule has 4 aromatic rings. The van der Waals surface area contributed by atoms with E-state index in [1.54, 1.807) is 24.4 Å². The van der Waals surface area contributed by atoms with Gasteiger partial charge in [0, 0.05) is 17.1 Å². The molecule has 1 aliphatic rings. The Labute approximate surface area is 177 Å². The molecule has 3 aromatic heterocycles. The largest absolute Gasteiger partial charge is 0.309 e. The van der Waals surface area contributed by atoms with Crippen molar-refractivity contribution in [3.63, 3.8) is 0 Å². The van der Waals surface area contributed by atoms with Crippen LogP contribution in [-0.4, -0.2) is 20.4 Å². The van der Waals surface area contributed by atoms with Gasteiger partial charge in [0.05, 0.1) is 11.7 Å². The number of aromatic nitrogens is 3. The third-order valence-corrected chi connectivity index (χ3v) is 6.35. The summed E-state index contributed by atoms with van der Waals surface area (Å²) < 4.78 is 1.36. The Balaban J connectivity index is 1.48. The van der Waals surface area contributed by atoms with Crippen LogP contribution in [0.15, 0.2) is 59.1 Å². The topological polar surface area (TPSA) is 76.9 Å². The van der Waals surface area contributed by atoms with Gasteiger partial charge in [-0.3, -0.25) is 14.2 Å². The fourth-order valence-corrected chi connectivity index (χ4v) is 4.87. The summed E-state index contributed by atoms with van der Waals surface area (Å²) in [4.78, 5) is 34.8. The molecule has 3 heterocycles. The number of amides is 1. The number of fused-ring (bicyclic) bond motifs is 2. The number of carbonyl (C=O) groups excluding carboxylic acids is 1. The molecule has 0 saturated heterocycles. The van der Waals surface area contributed by atoms with Gasteiger partial charge in [0.2, 0.25) is 5.91 Å². The minimum Gasteiger partial charge on any atom is -0.309 e. The van der Waals surface area contributed by atoms with E-state index in [9.17, 15) is 9.59 Å². The molecule has 0 unspecified atom stereocenters. The second-order valence-electron chi connectivity index (χ2n) is 7.46. The summed E-state index contributed by atoms with van der Waals surface area (Å²) in [5, 5.41) is 5.27. The summed E-state index contributed by atoms with van der Waals surface area (Å²) in [6.45, 7) is -0.113. The summed E-state index contributed by atoms with van der Waals surface area (Å²) in [6, 6.07) is 11.8. The van der Waals surface area contributed by atoms with E-state index in [0.717, 1.165) is 24.0 Å². The third kappa shape index (κ3) is 3.52. The van der Waals surface area contributed by atoms with Crippen molar-refractivity contribution in [1.82, 2.24) is 14.5 Å². The van der Waals surface area contributed by atoms with Crippen molar-refractivity contribution in [2.75, 3.05) is 5.32 Å². The van der Waals surface area contributed by atoms with Gasteiger partial charge in [-0.1, -0.05) is 24.3 Å². The lowest BCUT2D eigenvalue weighted by atomic mass is 9.89. The summed E-state index contributed by atoms with van der Waals surface area (Å²) in [6.07, 6.45) is 7.70. The van der Waals surface area contributed by atoms with E-state index in [4.69, 9.17) is 0 Å². The van der Waals surface area contributed by atoms with Crippen LogP contribution in [0.2, 0.25) is 0 Å². The van der Waals surface area contributed by atoms with Gasteiger partial charge in [-0.25, -0.2) is 9.97 Å². The molecule has 0 atom stereocenters. The summed E-state index contributed by atoms with van der Waals surface area (Å²) in [5.74, 6) is 0.136. The Hall–Kier alpha value is -3.32. The predicted molar refractivity (Wildman–Crippen MR) is 119 cm³/mol. The van der Waals surface area contributed by atoms with Crippen molar-refractivity contribution in [1.29, 1.82) is 0 Å². The van der Waals surface area contributed by atoms with Crippen molar-refractivity contribution >= 4 is 33.3 Å². The number of hydrogen-bond acceptors (Lipinski definition) is 5. The standard InChI is InChI=1S/C23H20N4O2S/c28-20(26-19-7-3-4-10-24-19)12-27-14-25-22-21(23(27)29)18(13-30-22)17-9-8-15-5-1-2-6-16(15)11-17/h3-4,7-11,13-14H,1-2,5-6,12H2,(H,24,26,28). The highest BCUT2D eigenvalue weighted by Gasteiger charge is 2.17. The molecule has 1 N–H and O–H groups in total. The predicted octanol–water partition coefficient (Wildman–Crippen LogP) is 4.04. The van der Waals surface area contributed by atoms with Gasteiger partial charge in [-0.15, -0.1) is 11.3 Å². The smallest absolute Gasteiger partial charge is 0.263 e. The van der Waals surface area contributed by atoms with E-state index in [-0.39, 0.29) is 18.0 Å². The number of carbonyl (C=O) groups is 1. The van der Waals surface area contributed by atoms with Gasteiger partial charge in [0.25, 0.3) is 5.56 Å². The molecule has 0 saturated carbocycles. The molecule has 0 aliphatic heterocycles. The monoisotopic (exact) mass is 416 g/mol. The van der Waals surface area contributed by atoms with E-state index in [0.29, 0.717) is 16.0 Å². The third-order valence-electron chi connectivity index (χ3n) is 5.47. The Morgan fingerprint density at radius 1 is 1.10 bits per heavy atom. The fraction of sp³-hybridized carbons (Fsp3) is 0.217. The van der Waals surface area contributed by atoms with E-state index in [2.05, 4.69) is 33.5 Å². The number of anilines is 1. The number of nitrogens with zero attached hydrogens (tertiary/aromatic N) is 3. The van der Waals surface area contributed by atoms with Crippen molar-refractivity contribution in [2.24, 2.45) is 0 Å². The van der Waals surface area contributed by atoms with E-state index in [1.807, 2.05) is 5.38 Å². The number of pyridine rings is 1. The molecule has 7 heteroatoms. The van der Waals surface area contributed by atoms with Crippen LogP contribution < -0.4 is 10.9 Å². The molecule has 30 heavy (non-hydrogen) atoms. The zero-order valence-electron chi connectivity index (χ0n) is 16.3. The maximum absolute atomic E-state index is 13.2. The Morgan fingerprint density at radius 3 is 2.80 bits per heavy atom. The van der Waals surface area contributed by atoms with Crippen molar-refractivity contribution in [3.8, 4) is 11.1 Å². The second-order valence-corrected chi connectivity index (χ2v) is 8.32. The molecule has 150 valence electrons. The molecule has 0 spiro atoms. The lowest BCUT2D eigenvalue weighted by molar-refractivity contribution is -0.116. The van der Waals surface area contributed by atoms with Crippen LogP contribution in [0, 0.1) is 0 Å². The molecule has 1 aliphatic carbocycles. The molecule has 0 radical (unpaired) electrons. The van der Waals surface area contributed by atoms with Crippen LogP contribution in [-0.2, 0) is 24.2 Å². The van der Waals surface area contributed by atoms with E-state index in [1.165, 1.54) is 46.2 Å². The van der Waals surface area contributed by atoms with Gasteiger partial charge in [-0.2, -0.15) is 0 Å². The van der Waals surface area contributed by atoms with E-state index >= 15 is 0 Å². The van der Waals surface area contributed by atoms with Gasteiger partial charge in [0.1, 0.15) is 17.2 Å². The Kier molecular flexibility index (Phi) is 4.88. The molecule has 5 rings (SSSR count). The molecule has 0 fully saturated rings. The number of hydrogen-bond donors (Lipinski definition) is 1. The van der Waals surface area contributed by atoms with Gasteiger partial charge < -0.3 is 5.32 Å². The van der Waals surface area contributed by atoms with Crippen LogP contribution in [0.3, 0.4) is 0 Å². The Bertz CT molecular complexity index is 1290. The van der Waals surface area contributed by atoms with Crippen molar-refractivity contribution in [3.05, 3.63) is 75.8 Å². The number of rotatable bonds is 4. The summed E-state index contributed by atoms with van der Waals surface area (Å²) in [7, 11) is 0. The van der Waals surface area contributed by atoms with Crippen molar-refractivity contribution < 1.29 is 4.79 Å². The molecule has 0 bridgehead atoms. The lowest BCUT2D eigenvalue weighted by Crippen LogP contribution is -2.28. The zero-order valence-corrected chi connectivity index (χ0v) is 17.1. The lowest BCUT2D eigenvalue weighted by Gasteiger charge is -2.16. The minimum absolute atomic E-state index is 0.113. The van der Waals surface area contributed by atoms with Gasteiger partial charge in [-0.05, 0) is 54.5 Å². The maximum Gasteiger partial charge on any atom is 0.263 e. The first-order chi connectivity index (χ1) is 14.7.